The molecule has 3 rings (SSSR count). The number of allylic oxidation sites excluding steroid dienone is 2. The zero-order chi connectivity index (χ0) is 14.5. The lowest BCUT2D eigenvalue weighted by atomic mass is 10.0. The van der Waals surface area contributed by atoms with Crippen molar-refractivity contribution in [3.8, 4) is 0 Å². The van der Waals surface area contributed by atoms with Crippen molar-refractivity contribution in [2.45, 2.75) is 6.54 Å². The zero-order valence-corrected chi connectivity index (χ0v) is 11.6. The van der Waals surface area contributed by atoms with E-state index < -0.39 is 0 Å². The Kier molecular flexibility index (Phi) is 3.92. The molecular weight excluding hydrogens is 260 g/mol. The molecule has 3 nitrogen and oxygen atoms in total. The monoisotopic (exact) mass is 276 g/mol. The third-order valence-electron chi connectivity index (χ3n) is 3.53. The molecule has 1 aliphatic heterocycles. The molecule has 0 aliphatic carbocycles. The van der Waals surface area contributed by atoms with E-state index in [1.807, 2.05) is 48.8 Å². The summed E-state index contributed by atoms with van der Waals surface area (Å²) in [5.74, 6) is 0. The average molecular weight is 276 g/mol. The van der Waals surface area contributed by atoms with E-state index in [0.717, 1.165) is 19.4 Å². The summed E-state index contributed by atoms with van der Waals surface area (Å²) in [6.07, 6.45) is 10.9. The number of aldehydes is 1. The maximum Gasteiger partial charge on any atom is 0.150 e. The van der Waals surface area contributed by atoms with E-state index in [0.29, 0.717) is 5.56 Å². The predicted molar refractivity (Wildman–Crippen MR) is 83.6 cm³/mol. The third kappa shape index (κ3) is 3.26. The highest BCUT2D eigenvalue weighted by Crippen LogP contribution is 2.19. The molecule has 1 aromatic carbocycles. The molecule has 0 spiro atoms. The van der Waals surface area contributed by atoms with Gasteiger partial charge in [0.2, 0.25) is 0 Å². The van der Waals surface area contributed by atoms with Gasteiger partial charge in [-0.15, -0.1) is 0 Å². The average Bonchev–Trinajstić information content (AvgIpc) is 2.57. The van der Waals surface area contributed by atoms with Crippen LogP contribution in [0.1, 0.15) is 21.5 Å². The summed E-state index contributed by atoms with van der Waals surface area (Å²) < 4.78 is 0. The van der Waals surface area contributed by atoms with E-state index in [-0.39, 0.29) is 0 Å². The van der Waals surface area contributed by atoms with Crippen molar-refractivity contribution < 1.29 is 4.79 Å². The van der Waals surface area contributed by atoms with Crippen LogP contribution in [-0.4, -0.2) is 22.7 Å². The highest BCUT2D eigenvalue weighted by molar-refractivity contribution is 5.75. The van der Waals surface area contributed by atoms with Crippen LogP contribution in [-0.2, 0) is 6.54 Å². The number of benzene rings is 1. The van der Waals surface area contributed by atoms with Gasteiger partial charge in [0.25, 0.3) is 0 Å². The Morgan fingerprint density at radius 2 is 1.86 bits per heavy atom. The van der Waals surface area contributed by atoms with Crippen LogP contribution < -0.4 is 0 Å². The van der Waals surface area contributed by atoms with Crippen LogP contribution in [0.15, 0.2) is 67.1 Å². The maximum atomic E-state index is 10.6. The molecule has 0 amide bonds. The van der Waals surface area contributed by atoms with Crippen molar-refractivity contribution in [2.24, 2.45) is 0 Å². The fourth-order valence-electron chi connectivity index (χ4n) is 2.34. The topological polar surface area (TPSA) is 33.2 Å². The van der Waals surface area contributed by atoms with Crippen LogP contribution in [0.2, 0.25) is 0 Å². The summed E-state index contributed by atoms with van der Waals surface area (Å²) in [6.45, 7) is 1.72. The number of rotatable bonds is 4. The van der Waals surface area contributed by atoms with Crippen LogP contribution in [0, 0.1) is 0 Å². The van der Waals surface area contributed by atoms with Crippen molar-refractivity contribution in [2.75, 3.05) is 6.54 Å². The molecule has 0 atom stereocenters. The van der Waals surface area contributed by atoms with Gasteiger partial charge < -0.3 is 4.90 Å². The Labute approximate surface area is 124 Å². The van der Waals surface area contributed by atoms with Crippen LogP contribution in [0.25, 0.3) is 5.57 Å². The Bertz CT molecular complexity index is 672. The van der Waals surface area contributed by atoms with Crippen molar-refractivity contribution >= 4 is 11.9 Å². The van der Waals surface area contributed by atoms with E-state index in [1.54, 1.807) is 0 Å². The summed E-state index contributed by atoms with van der Waals surface area (Å²) in [4.78, 5) is 16.9. The molecule has 0 saturated heterocycles. The largest absolute Gasteiger partial charge is 0.369 e. The third-order valence-corrected chi connectivity index (χ3v) is 3.53. The molecule has 0 bridgehead atoms. The van der Waals surface area contributed by atoms with E-state index in [2.05, 4.69) is 28.2 Å². The van der Waals surface area contributed by atoms with Gasteiger partial charge in [-0.1, -0.05) is 30.3 Å². The number of carbonyl (C=O) groups is 1. The second-order valence-electron chi connectivity index (χ2n) is 5.00. The highest BCUT2D eigenvalue weighted by atomic mass is 16.1. The second-order valence-corrected chi connectivity index (χ2v) is 5.00. The van der Waals surface area contributed by atoms with Gasteiger partial charge in [-0.05, 0) is 34.9 Å². The van der Waals surface area contributed by atoms with Crippen molar-refractivity contribution in [1.29, 1.82) is 0 Å². The fourth-order valence-corrected chi connectivity index (χ4v) is 2.34. The maximum absolute atomic E-state index is 10.6. The minimum atomic E-state index is 0.716. The summed E-state index contributed by atoms with van der Waals surface area (Å²) in [6, 6.07) is 11.7. The second kappa shape index (κ2) is 6.18. The van der Waals surface area contributed by atoms with Crippen molar-refractivity contribution in [1.82, 2.24) is 9.88 Å². The van der Waals surface area contributed by atoms with Gasteiger partial charge in [0.15, 0.2) is 0 Å². The zero-order valence-electron chi connectivity index (χ0n) is 11.6. The normalized spacial score (nSPS) is 13.9. The lowest BCUT2D eigenvalue weighted by Crippen LogP contribution is -2.19. The molecule has 2 heterocycles. The minimum absolute atomic E-state index is 0.716. The summed E-state index contributed by atoms with van der Waals surface area (Å²) in [5, 5.41) is 0. The number of nitrogens with zero attached hydrogens (tertiary/aromatic N) is 2. The Morgan fingerprint density at radius 1 is 1.10 bits per heavy atom. The van der Waals surface area contributed by atoms with Gasteiger partial charge in [-0.25, -0.2) is 0 Å². The van der Waals surface area contributed by atoms with E-state index in [1.165, 1.54) is 16.7 Å². The van der Waals surface area contributed by atoms with Crippen LogP contribution in [0.3, 0.4) is 0 Å². The molecule has 1 aromatic heterocycles. The van der Waals surface area contributed by atoms with Gasteiger partial charge in [0.05, 0.1) is 0 Å². The standard InChI is InChI=1S/C18H16N2O/c21-14-16-3-1-15(2-4-16)13-20-11-7-18(8-12-20)17-5-9-19-10-6-17/h1-11,14H,12-13H2. The Balaban J connectivity index is 1.64. The molecule has 0 radical (unpaired) electrons. The first-order chi connectivity index (χ1) is 10.3. The van der Waals surface area contributed by atoms with Gasteiger partial charge in [-0.2, -0.15) is 0 Å². The molecule has 1 aliphatic rings. The Hall–Kier alpha value is -2.68. The number of hydrogen-bond donors (Lipinski definition) is 0. The van der Waals surface area contributed by atoms with Crippen LogP contribution in [0.5, 0.6) is 0 Å². The SMILES string of the molecule is O=Cc1ccc(CN2C=CC(c3ccncc3)=CC2)cc1. The lowest BCUT2D eigenvalue weighted by Gasteiger charge is -2.23. The van der Waals surface area contributed by atoms with Crippen LogP contribution >= 0.6 is 0 Å². The first-order valence-electron chi connectivity index (χ1n) is 6.92. The molecule has 2 aromatic rings. The molecule has 0 saturated carbocycles. The van der Waals surface area contributed by atoms with E-state index in [4.69, 9.17) is 0 Å². The number of hydrogen-bond acceptors (Lipinski definition) is 3. The highest BCUT2D eigenvalue weighted by Gasteiger charge is 2.07. The molecule has 104 valence electrons. The van der Waals surface area contributed by atoms with Crippen molar-refractivity contribution in [3.05, 3.63) is 83.8 Å². The number of aromatic nitrogens is 1. The molecule has 0 unspecified atom stereocenters. The smallest absolute Gasteiger partial charge is 0.150 e. The van der Waals surface area contributed by atoms with Gasteiger partial charge >= 0.3 is 0 Å². The first-order valence-corrected chi connectivity index (χ1v) is 6.92. The molecule has 3 heteroatoms. The molecule has 0 fully saturated rings. The minimum Gasteiger partial charge on any atom is -0.369 e. The summed E-state index contributed by atoms with van der Waals surface area (Å²) in [7, 11) is 0. The van der Waals surface area contributed by atoms with Gasteiger partial charge in [0.1, 0.15) is 6.29 Å². The quantitative estimate of drug-likeness (QED) is 0.803. The number of carbonyl (C=O) groups excluding carboxylic acids is 1. The van der Waals surface area contributed by atoms with Gasteiger partial charge in [-0.3, -0.25) is 9.78 Å². The molecular formula is C18H16N2O. The van der Waals surface area contributed by atoms with Gasteiger partial charge in [0, 0.05) is 37.2 Å². The predicted octanol–water partition coefficient (Wildman–Crippen LogP) is 3.31. The summed E-state index contributed by atoms with van der Waals surface area (Å²) in [5.41, 5.74) is 4.33. The van der Waals surface area contributed by atoms with E-state index in [9.17, 15) is 4.79 Å². The Morgan fingerprint density at radius 3 is 2.48 bits per heavy atom. The summed E-state index contributed by atoms with van der Waals surface area (Å²) >= 11 is 0. The molecule has 21 heavy (non-hydrogen) atoms. The fraction of sp³-hybridized carbons (Fsp3) is 0.111. The van der Waals surface area contributed by atoms with Crippen LogP contribution in [0.4, 0.5) is 0 Å². The lowest BCUT2D eigenvalue weighted by molar-refractivity contribution is 0.112. The first kappa shape index (κ1) is 13.3. The molecule has 0 N–H and O–H groups in total. The number of pyridine rings is 1. The van der Waals surface area contributed by atoms with Crippen molar-refractivity contribution in [3.63, 3.8) is 0 Å². The van der Waals surface area contributed by atoms with E-state index >= 15 is 0 Å².